The number of imidazole rings is 1. The molecule has 11 heteroatoms. The predicted octanol–water partition coefficient (Wildman–Crippen LogP) is 5.10. The van der Waals surface area contributed by atoms with Crippen LogP contribution in [0.4, 0.5) is 18.9 Å². The van der Waals surface area contributed by atoms with Gasteiger partial charge in [0.25, 0.3) is 5.91 Å². The molecule has 3 N–H and O–H groups in total. The second kappa shape index (κ2) is 11.3. The van der Waals surface area contributed by atoms with E-state index in [0.717, 1.165) is 43.9 Å². The highest BCUT2D eigenvalue weighted by Gasteiger charge is 2.31. The largest absolute Gasteiger partial charge is 0.416 e. The molecule has 1 aliphatic carbocycles. The van der Waals surface area contributed by atoms with Gasteiger partial charge in [0.05, 0.1) is 22.6 Å². The van der Waals surface area contributed by atoms with Crippen molar-refractivity contribution in [2.75, 3.05) is 12.4 Å². The van der Waals surface area contributed by atoms with Crippen molar-refractivity contribution >= 4 is 34.9 Å². The van der Waals surface area contributed by atoms with Crippen molar-refractivity contribution in [2.24, 2.45) is 11.8 Å². The number of carbonyl (C=O) groups excluding carboxylic acids is 3. The average molecular weight is 487 g/mol. The predicted molar refractivity (Wildman–Crippen MR) is 118 cm³/mol. The number of carbonyl (C=O) groups is 3. The lowest BCUT2D eigenvalue weighted by atomic mass is 9.82. The Balaban J connectivity index is 0.000000273. The number of Topliss-reactive ketones (excluding diaryl/α,β-unsaturated/α-hetero) is 1. The Kier molecular flexibility index (Phi) is 9.04. The molecule has 2 aromatic rings. The molecule has 1 aromatic heterocycles. The third-order valence-corrected chi connectivity index (χ3v) is 5.69. The number of ketones is 1. The third kappa shape index (κ3) is 7.31. The number of aromatic nitrogens is 2. The van der Waals surface area contributed by atoms with Gasteiger partial charge in [-0.25, -0.2) is 4.98 Å². The van der Waals surface area contributed by atoms with E-state index in [0.29, 0.717) is 5.92 Å². The molecule has 1 heterocycles. The first kappa shape index (κ1) is 26.4. The summed E-state index contributed by atoms with van der Waals surface area (Å²) < 4.78 is 38.0. The number of amides is 2. The van der Waals surface area contributed by atoms with Gasteiger partial charge in [0.15, 0.2) is 5.78 Å². The quantitative estimate of drug-likeness (QED) is 0.523. The molecule has 0 unspecified atom stereocenters. The van der Waals surface area contributed by atoms with Crippen LogP contribution in [-0.2, 0) is 11.0 Å². The summed E-state index contributed by atoms with van der Waals surface area (Å²) in [6.07, 6.45) is 0.335. The molecule has 1 fully saturated rings. The molecule has 7 nitrogen and oxygen atoms in total. The van der Waals surface area contributed by atoms with Gasteiger partial charge in [0.1, 0.15) is 11.4 Å². The number of nitrogens with zero attached hydrogens (tertiary/aromatic N) is 1. The van der Waals surface area contributed by atoms with Crippen molar-refractivity contribution < 1.29 is 27.6 Å². The maximum absolute atomic E-state index is 12.7. The second-order valence-corrected chi connectivity index (χ2v) is 8.31. The van der Waals surface area contributed by atoms with Crippen LogP contribution in [0.5, 0.6) is 0 Å². The molecule has 33 heavy (non-hydrogen) atoms. The average Bonchev–Trinajstić information content (AvgIpc) is 3.25. The summed E-state index contributed by atoms with van der Waals surface area (Å²) in [4.78, 5) is 40.4. The minimum Gasteiger partial charge on any atom is -0.354 e. The fourth-order valence-electron chi connectivity index (χ4n) is 3.41. The topological polar surface area (TPSA) is 104 Å². The highest BCUT2D eigenvalue weighted by Crippen LogP contribution is 2.35. The Morgan fingerprint density at radius 1 is 1.15 bits per heavy atom. The number of hydrogen-bond acceptors (Lipinski definition) is 4. The van der Waals surface area contributed by atoms with Crippen LogP contribution in [0, 0.1) is 11.8 Å². The van der Waals surface area contributed by atoms with E-state index in [9.17, 15) is 27.6 Å². The number of halogens is 4. The molecule has 0 atom stereocenters. The van der Waals surface area contributed by atoms with Crippen molar-refractivity contribution in [2.45, 2.75) is 45.7 Å². The van der Waals surface area contributed by atoms with Crippen LogP contribution in [-0.4, -0.2) is 34.6 Å². The molecule has 0 spiro atoms. The molecule has 0 aliphatic heterocycles. The number of rotatable bonds is 4. The summed E-state index contributed by atoms with van der Waals surface area (Å²) in [5.41, 5.74) is -0.408. The summed E-state index contributed by atoms with van der Waals surface area (Å²) in [6, 6.07) is 2.94. The zero-order valence-electron chi connectivity index (χ0n) is 18.5. The highest BCUT2D eigenvalue weighted by molar-refractivity contribution is 6.33. The van der Waals surface area contributed by atoms with Gasteiger partial charge in [0, 0.05) is 19.9 Å². The normalized spacial score (nSPS) is 18.0. The van der Waals surface area contributed by atoms with Gasteiger partial charge in [-0.2, -0.15) is 13.2 Å². The Bertz CT molecular complexity index is 999. The molecule has 3 rings (SSSR count). The van der Waals surface area contributed by atoms with Crippen LogP contribution in [0.1, 0.15) is 66.1 Å². The first-order valence-electron chi connectivity index (χ1n) is 10.4. The van der Waals surface area contributed by atoms with Crippen LogP contribution in [0.3, 0.4) is 0 Å². The number of aromatic amines is 1. The summed E-state index contributed by atoms with van der Waals surface area (Å²) in [7, 11) is 1.49. The molecular formula is C22H26ClF3N4O3. The lowest BCUT2D eigenvalue weighted by molar-refractivity contribution is -0.137. The SMILES string of the molecule is CC1CCC(C(=O)Nc2cc(C(F)(F)F)ccc2Cl)CC1.CNC(=O)c1[nH]cnc1C(C)=O. The van der Waals surface area contributed by atoms with E-state index in [1.807, 2.05) is 0 Å². The summed E-state index contributed by atoms with van der Waals surface area (Å²) in [5.74, 6) is -0.353. The van der Waals surface area contributed by atoms with Gasteiger partial charge >= 0.3 is 6.18 Å². The van der Waals surface area contributed by atoms with Crippen LogP contribution >= 0.6 is 11.6 Å². The Morgan fingerprint density at radius 3 is 2.33 bits per heavy atom. The Hall–Kier alpha value is -2.88. The first-order chi connectivity index (χ1) is 15.4. The van der Waals surface area contributed by atoms with E-state index < -0.39 is 11.7 Å². The maximum atomic E-state index is 12.7. The van der Waals surface area contributed by atoms with Crippen molar-refractivity contribution in [3.63, 3.8) is 0 Å². The van der Waals surface area contributed by atoms with Gasteiger partial charge < -0.3 is 15.6 Å². The second-order valence-electron chi connectivity index (χ2n) is 7.90. The zero-order valence-corrected chi connectivity index (χ0v) is 19.2. The van der Waals surface area contributed by atoms with Crippen LogP contribution in [0.15, 0.2) is 24.5 Å². The molecule has 0 bridgehead atoms. The van der Waals surface area contributed by atoms with Crippen LogP contribution < -0.4 is 10.6 Å². The van der Waals surface area contributed by atoms with Crippen molar-refractivity contribution in [3.05, 3.63) is 46.5 Å². The van der Waals surface area contributed by atoms with E-state index >= 15 is 0 Å². The van der Waals surface area contributed by atoms with E-state index in [1.165, 1.54) is 20.3 Å². The van der Waals surface area contributed by atoms with Gasteiger partial charge in [-0.05, 0) is 49.8 Å². The number of nitrogens with one attached hydrogen (secondary N) is 3. The number of hydrogen-bond donors (Lipinski definition) is 3. The minimum atomic E-state index is -4.45. The third-order valence-electron chi connectivity index (χ3n) is 5.37. The number of H-pyrrole nitrogens is 1. The summed E-state index contributed by atoms with van der Waals surface area (Å²) >= 11 is 5.87. The number of alkyl halides is 3. The molecule has 0 saturated heterocycles. The maximum Gasteiger partial charge on any atom is 0.416 e. The standard InChI is InChI=1S/C15H17ClF3NO.C7H9N3O2/c1-9-2-4-10(5-3-9)14(21)20-13-8-11(15(17,18)19)6-7-12(13)16;1-4(11)5-6(7(12)8-2)10-3-9-5/h6-10H,2-5H2,1H3,(H,20,21);3H,1-2H3,(H,8,12)(H,9,10). The molecule has 1 aliphatic rings. The summed E-state index contributed by atoms with van der Waals surface area (Å²) in [6.45, 7) is 3.50. The van der Waals surface area contributed by atoms with Gasteiger partial charge in [-0.3, -0.25) is 14.4 Å². The van der Waals surface area contributed by atoms with E-state index in [4.69, 9.17) is 11.6 Å². The highest BCUT2D eigenvalue weighted by atomic mass is 35.5. The molecule has 1 saturated carbocycles. The molecule has 1 aromatic carbocycles. The number of anilines is 1. The van der Waals surface area contributed by atoms with Crippen LogP contribution in [0.2, 0.25) is 5.02 Å². The molecular weight excluding hydrogens is 461 g/mol. The first-order valence-corrected chi connectivity index (χ1v) is 10.8. The lowest BCUT2D eigenvalue weighted by Crippen LogP contribution is -2.26. The lowest BCUT2D eigenvalue weighted by Gasteiger charge is -2.25. The minimum absolute atomic E-state index is 0.0233. The van der Waals surface area contributed by atoms with Crippen LogP contribution in [0.25, 0.3) is 0 Å². The Morgan fingerprint density at radius 2 is 1.79 bits per heavy atom. The van der Waals surface area contributed by atoms with E-state index in [-0.39, 0.29) is 45.6 Å². The summed E-state index contributed by atoms with van der Waals surface area (Å²) in [5, 5.41) is 5.05. The Labute approximate surface area is 194 Å². The van der Waals surface area contributed by atoms with Gasteiger partial charge in [-0.1, -0.05) is 18.5 Å². The van der Waals surface area contributed by atoms with Crippen molar-refractivity contribution in [1.82, 2.24) is 15.3 Å². The van der Waals surface area contributed by atoms with Gasteiger partial charge in [0.2, 0.25) is 5.91 Å². The monoisotopic (exact) mass is 486 g/mol. The van der Waals surface area contributed by atoms with E-state index in [2.05, 4.69) is 27.5 Å². The van der Waals surface area contributed by atoms with Crippen molar-refractivity contribution in [1.29, 1.82) is 0 Å². The zero-order chi connectivity index (χ0) is 24.8. The van der Waals surface area contributed by atoms with Gasteiger partial charge in [-0.15, -0.1) is 0 Å². The molecule has 0 radical (unpaired) electrons. The fraction of sp³-hybridized carbons (Fsp3) is 0.455. The smallest absolute Gasteiger partial charge is 0.354 e. The molecule has 180 valence electrons. The van der Waals surface area contributed by atoms with Crippen molar-refractivity contribution in [3.8, 4) is 0 Å². The fourth-order valence-corrected chi connectivity index (χ4v) is 3.58. The molecule has 2 amide bonds. The van der Waals surface area contributed by atoms with E-state index in [1.54, 1.807) is 0 Å². The number of benzene rings is 1.